The van der Waals surface area contributed by atoms with E-state index in [1.54, 1.807) is 6.92 Å². The van der Waals surface area contributed by atoms with Crippen LogP contribution < -0.4 is 10.6 Å². The minimum atomic E-state index is -3.66. The molecule has 1 aliphatic rings. The zero-order valence-corrected chi connectivity index (χ0v) is 17.1. The topological polar surface area (TPSA) is 113 Å². The molecule has 0 aromatic heterocycles. The summed E-state index contributed by atoms with van der Waals surface area (Å²) in [6, 6.07) is 4.04. The molecule has 11 heteroatoms. The van der Waals surface area contributed by atoms with E-state index in [0.717, 1.165) is 4.31 Å². The van der Waals surface area contributed by atoms with E-state index in [2.05, 4.69) is 10.6 Å². The summed E-state index contributed by atoms with van der Waals surface area (Å²) < 4.78 is 48.6. The van der Waals surface area contributed by atoms with Gasteiger partial charge in [-0.1, -0.05) is 11.6 Å². The number of nitrogens with one attached hydrogen (secondary N) is 2. The molecule has 0 spiro atoms. The van der Waals surface area contributed by atoms with Crippen LogP contribution in [0.1, 0.15) is 13.3 Å². The van der Waals surface area contributed by atoms with E-state index in [4.69, 9.17) is 11.6 Å². The third-order valence-electron chi connectivity index (χ3n) is 4.17. The van der Waals surface area contributed by atoms with Crippen molar-refractivity contribution in [3.8, 4) is 0 Å². The smallest absolute Gasteiger partial charge is 0.242 e. The van der Waals surface area contributed by atoms with Gasteiger partial charge in [0.1, 0.15) is 0 Å². The van der Waals surface area contributed by atoms with Gasteiger partial charge in [0.05, 0.1) is 33.7 Å². The van der Waals surface area contributed by atoms with Crippen molar-refractivity contribution in [3.63, 3.8) is 0 Å². The van der Waals surface area contributed by atoms with Crippen LogP contribution in [0.3, 0.4) is 0 Å². The van der Waals surface area contributed by atoms with Crippen molar-refractivity contribution in [1.82, 2.24) is 9.62 Å². The van der Waals surface area contributed by atoms with E-state index in [-0.39, 0.29) is 33.7 Å². The Morgan fingerprint density at radius 3 is 2.54 bits per heavy atom. The quantitative estimate of drug-likeness (QED) is 0.696. The van der Waals surface area contributed by atoms with Crippen LogP contribution in [0.5, 0.6) is 0 Å². The van der Waals surface area contributed by atoms with E-state index in [1.165, 1.54) is 32.3 Å². The Balaban J connectivity index is 2.07. The first kappa shape index (κ1) is 21.1. The third-order valence-corrected chi connectivity index (χ3v) is 8.21. The van der Waals surface area contributed by atoms with Gasteiger partial charge in [0.15, 0.2) is 9.84 Å². The molecular formula is C15H22ClN3O5S2. The average Bonchev–Trinajstić information content (AvgIpc) is 2.81. The van der Waals surface area contributed by atoms with E-state index < -0.39 is 31.3 Å². The molecule has 0 aliphatic carbocycles. The summed E-state index contributed by atoms with van der Waals surface area (Å²) in [6.45, 7) is 1.63. The second-order valence-corrected chi connectivity index (χ2v) is 11.5. The molecule has 1 atom stereocenters. The van der Waals surface area contributed by atoms with Gasteiger partial charge in [-0.3, -0.25) is 4.79 Å². The highest BCUT2D eigenvalue weighted by atomic mass is 35.5. The molecule has 1 fully saturated rings. The number of nitrogens with zero attached hydrogens (tertiary/aromatic N) is 1. The number of anilines is 1. The molecule has 0 unspecified atom stereocenters. The summed E-state index contributed by atoms with van der Waals surface area (Å²) in [5.41, 5.74) is -0.485. The number of sulfonamides is 1. The second-order valence-electron chi connectivity index (χ2n) is 6.73. The summed E-state index contributed by atoms with van der Waals surface area (Å²) in [6.07, 6.45) is 0.430. The number of benzene rings is 1. The lowest BCUT2D eigenvalue weighted by molar-refractivity contribution is -0.115. The molecule has 2 rings (SSSR count). The van der Waals surface area contributed by atoms with Crippen molar-refractivity contribution in [2.75, 3.05) is 37.5 Å². The number of hydrogen-bond acceptors (Lipinski definition) is 6. The molecule has 1 amide bonds. The zero-order chi connectivity index (χ0) is 19.8. The maximum Gasteiger partial charge on any atom is 0.242 e. The molecule has 26 heavy (non-hydrogen) atoms. The van der Waals surface area contributed by atoms with Gasteiger partial charge in [0.2, 0.25) is 15.9 Å². The molecule has 0 bridgehead atoms. The van der Waals surface area contributed by atoms with Crippen molar-refractivity contribution in [2.45, 2.75) is 23.8 Å². The van der Waals surface area contributed by atoms with Gasteiger partial charge in [0, 0.05) is 19.6 Å². The van der Waals surface area contributed by atoms with Crippen LogP contribution >= 0.6 is 11.6 Å². The Kier molecular flexibility index (Phi) is 6.03. The van der Waals surface area contributed by atoms with Crippen LogP contribution in [-0.4, -0.2) is 64.7 Å². The number of carbonyl (C=O) groups is 1. The number of rotatable bonds is 6. The van der Waals surface area contributed by atoms with E-state index >= 15 is 0 Å². The van der Waals surface area contributed by atoms with Crippen LogP contribution in [0.2, 0.25) is 5.02 Å². The molecule has 1 saturated heterocycles. The highest BCUT2D eigenvalue weighted by molar-refractivity contribution is 7.91. The van der Waals surface area contributed by atoms with Crippen molar-refractivity contribution in [2.24, 2.45) is 0 Å². The van der Waals surface area contributed by atoms with Crippen molar-refractivity contribution in [3.05, 3.63) is 23.2 Å². The molecule has 1 aliphatic heterocycles. The maximum atomic E-state index is 12.2. The Morgan fingerprint density at radius 2 is 2.00 bits per heavy atom. The minimum Gasteiger partial charge on any atom is -0.324 e. The number of carbonyl (C=O) groups excluding carboxylic acids is 1. The predicted molar refractivity (Wildman–Crippen MR) is 101 cm³/mol. The number of halogens is 1. The van der Waals surface area contributed by atoms with Gasteiger partial charge in [-0.2, -0.15) is 0 Å². The standard InChI is InChI=1S/C15H22ClN3O5S2/c1-15(6-7-25(21,22)10-15)17-9-14(20)18-13-8-11(4-5-12(13)16)26(23,24)19(2)3/h4-5,8,17H,6-7,9-10H2,1-3H3,(H,18,20)/t15-/m0/s1. The molecule has 8 nitrogen and oxygen atoms in total. The lowest BCUT2D eigenvalue weighted by atomic mass is 10.0. The summed E-state index contributed by atoms with van der Waals surface area (Å²) >= 11 is 6.04. The van der Waals surface area contributed by atoms with Crippen molar-refractivity contribution >= 4 is 43.1 Å². The van der Waals surface area contributed by atoms with Gasteiger partial charge in [-0.05, 0) is 31.5 Å². The van der Waals surface area contributed by atoms with Gasteiger partial charge >= 0.3 is 0 Å². The Bertz CT molecular complexity index is 915. The molecule has 0 radical (unpaired) electrons. The number of sulfone groups is 1. The minimum absolute atomic E-state index is 0.00371. The molecule has 0 saturated carbocycles. The first-order chi connectivity index (χ1) is 11.8. The first-order valence-electron chi connectivity index (χ1n) is 7.82. The SMILES string of the molecule is CN(C)S(=O)(=O)c1ccc(Cl)c(NC(=O)CN[C@@]2(C)CCS(=O)(=O)C2)c1. The van der Waals surface area contributed by atoms with Gasteiger partial charge in [-0.25, -0.2) is 21.1 Å². The summed E-state index contributed by atoms with van der Waals surface area (Å²) in [4.78, 5) is 12.2. The second kappa shape index (κ2) is 7.43. The van der Waals surface area contributed by atoms with Gasteiger partial charge < -0.3 is 10.6 Å². The molecular weight excluding hydrogens is 402 g/mol. The van der Waals surface area contributed by atoms with E-state index in [0.29, 0.717) is 6.42 Å². The van der Waals surface area contributed by atoms with Gasteiger partial charge in [-0.15, -0.1) is 0 Å². The van der Waals surface area contributed by atoms with Crippen LogP contribution in [0, 0.1) is 0 Å². The van der Waals surface area contributed by atoms with Crippen LogP contribution in [0.15, 0.2) is 23.1 Å². The monoisotopic (exact) mass is 423 g/mol. The fourth-order valence-electron chi connectivity index (χ4n) is 2.61. The normalized spacial score (nSPS) is 22.5. The van der Waals surface area contributed by atoms with Crippen molar-refractivity contribution in [1.29, 1.82) is 0 Å². The largest absolute Gasteiger partial charge is 0.324 e. The van der Waals surface area contributed by atoms with Crippen molar-refractivity contribution < 1.29 is 21.6 Å². The number of amides is 1. The van der Waals surface area contributed by atoms with Crippen LogP contribution in [0.4, 0.5) is 5.69 Å². The molecule has 1 aromatic carbocycles. The molecule has 146 valence electrons. The third kappa shape index (κ3) is 4.95. The Morgan fingerprint density at radius 1 is 1.35 bits per heavy atom. The molecule has 1 heterocycles. The highest BCUT2D eigenvalue weighted by Gasteiger charge is 2.38. The summed E-state index contributed by atoms with van der Waals surface area (Å²) in [7, 11) is -3.93. The summed E-state index contributed by atoms with van der Waals surface area (Å²) in [5.74, 6) is -0.379. The Hall–Kier alpha value is -1.20. The van der Waals surface area contributed by atoms with Crippen LogP contribution in [0.25, 0.3) is 0 Å². The van der Waals surface area contributed by atoms with E-state index in [9.17, 15) is 21.6 Å². The average molecular weight is 424 g/mol. The van der Waals surface area contributed by atoms with Gasteiger partial charge in [0.25, 0.3) is 0 Å². The number of hydrogen-bond donors (Lipinski definition) is 2. The lowest BCUT2D eigenvalue weighted by Gasteiger charge is -2.23. The highest BCUT2D eigenvalue weighted by Crippen LogP contribution is 2.26. The van der Waals surface area contributed by atoms with E-state index in [1.807, 2.05) is 0 Å². The maximum absolute atomic E-state index is 12.2. The predicted octanol–water partition coefficient (Wildman–Crippen LogP) is 0.696. The van der Waals surface area contributed by atoms with Crippen LogP contribution in [-0.2, 0) is 24.7 Å². The Labute approximate surface area is 158 Å². The zero-order valence-electron chi connectivity index (χ0n) is 14.7. The fourth-order valence-corrected chi connectivity index (χ4v) is 5.83. The summed E-state index contributed by atoms with van der Waals surface area (Å²) in [5, 5.41) is 5.71. The molecule has 2 N–H and O–H groups in total. The fraction of sp³-hybridized carbons (Fsp3) is 0.533. The lowest BCUT2D eigenvalue weighted by Crippen LogP contribution is -2.46. The first-order valence-corrected chi connectivity index (χ1v) is 11.5. The molecule has 1 aromatic rings.